The monoisotopic (exact) mass is 248 g/mol. The maximum absolute atomic E-state index is 11.8. The SMILES string of the molecule is Cc1cccnc1C(=O)Nc1ccc(Cl)nn1. The molecule has 0 aliphatic rings. The number of aromatic nitrogens is 3. The van der Waals surface area contributed by atoms with Gasteiger partial charge >= 0.3 is 0 Å². The quantitative estimate of drug-likeness (QED) is 0.884. The third kappa shape index (κ3) is 2.76. The third-order valence-electron chi connectivity index (χ3n) is 2.10. The predicted molar refractivity (Wildman–Crippen MR) is 64.0 cm³/mol. The van der Waals surface area contributed by atoms with Gasteiger partial charge in [-0.05, 0) is 30.7 Å². The summed E-state index contributed by atoms with van der Waals surface area (Å²) in [5.41, 5.74) is 1.16. The fraction of sp³-hybridized carbons (Fsp3) is 0.0909. The Balaban J connectivity index is 2.17. The van der Waals surface area contributed by atoms with Crippen LogP contribution >= 0.6 is 11.6 Å². The number of carbonyl (C=O) groups excluding carboxylic acids is 1. The molecule has 1 amide bonds. The average molecular weight is 249 g/mol. The fourth-order valence-electron chi connectivity index (χ4n) is 1.28. The first kappa shape index (κ1) is 11.5. The van der Waals surface area contributed by atoms with Crippen LogP contribution in [0.1, 0.15) is 16.1 Å². The zero-order valence-electron chi connectivity index (χ0n) is 9.01. The van der Waals surface area contributed by atoms with Crippen LogP contribution in [0.15, 0.2) is 30.5 Å². The van der Waals surface area contributed by atoms with Gasteiger partial charge in [0.2, 0.25) is 0 Å². The molecular formula is C11H9ClN4O. The van der Waals surface area contributed by atoms with Gasteiger partial charge in [0.1, 0.15) is 5.69 Å². The van der Waals surface area contributed by atoms with Gasteiger partial charge in [0.25, 0.3) is 5.91 Å². The zero-order valence-corrected chi connectivity index (χ0v) is 9.77. The van der Waals surface area contributed by atoms with Crippen LogP contribution < -0.4 is 5.32 Å². The van der Waals surface area contributed by atoms with Crippen molar-refractivity contribution in [2.24, 2.45) is 0 Å². The second kappa shape index (κ2) is 4.88. The Kier molecular flexibility index (Phi) is 3.30. The summed E-state index contributed by atoms with van der Waals surface area (Å²) in [6.45, 7) is 1.81. The maximum atomic E-state index is 11.8. The Morgan fingerprint density at radius 1 is 1.29 bits per heavy atom. The van der Waals surface area contributed by atoms with Gasteiger partial charge in [-0.15, -0.1) is 10.2 Å². The molecule has 0 saturated heterocycles. The number of amides is 1. The van der Waals surface area contributed by atoms with E-state index in [4.69, 9.17) is 11.6 Å². The van der Waals surface area contributed by atoms with Crippen molar-refractivity contribution in [3.05, 3.63) is 46.9 Å². The van der Waals surface area contributed by atoms with Crippen LogP contribution in [0.3, 0.4) is 0 Å². The summed E-state index contributed by atoms with van der Waals surface area (Å²) in [5.74, 6) is 0.0178. The summed E-state index contributed by atoms with van der Waals surface area (Å²) in [5, 5.41) is 10.2. The minimum absolute atomic E-state index is 0.275. The number of aryl methyl sites for hydroxylation is 1. The second-order valence-electron chi connectivity index (χ2n) is 3.36. The molecule has 5 nitrogen and oxygen atoms in total. The number of carbonyl (C=O) groups is 1. The number of hydrogen-bond donors (Lipinski definition) is 1. The van der Waals surface area contributed by atoms with Crippen LogP contribution in [0.2, 0.25) is 5.15 Å². The third-order valence-corrected chi connectivity index (χ3v) is 2.30. The Bertz CT molecular complexity index is 541. The number of halogens is 1. The lowest BCUT2D eigenvalue weighted by Gasteiger charge is -2.04. The molecule has 0 spiro atoms. The molecule has 2 aromatic heterocycles. The maximum Gasteiger partial charge on any atom is 0.275 e. The standard InChI is InChI=1S/C11H9ClN4O/c1-7-3-2-6-13-10(7)11(17)14-9-5-4-8(12)15-16-9/h2-6H,1H3,(H,14,16,17). The van der Waals surface area contributed by atoms with E-state index in [-0.39, 0.29) is 11.1 Å². The van der Waals surface area contributed by atoms with Crippen LogP contribution in [0.4, 0.5) is 5.82 Å². The average Bonchev–Trinajstić information content (AvgIpc) is 2.32. The highest BCUT2D eigenvalue weighted by Crippen LogP contribution is 2.09. The van der Waals surface area contributed by atoms with E-state index >= 15 is 0 Å². The highest BCUT2D eigenvalue weighted by Gasteiger charge is 2.10. The molecule has 2 aromatic rings. The summed E-state index contributed by atoms with van der Waals surface area (Å²) in [6.07, 6.45) is 1.56. The number of rotatable bonds is 2. The van der Waals surface area contributed by atoms with E-state index in [0.717, 1.165) is 5.56 Å². The van der Waals surface area contributed by atoms with E-state index < -0.39 is 0 Å². The van der Waals surface area contributed by atoms with Gasteiger partial charge in [0, 0.05) is 6.20 Å². The summed E-state index contributed by atoms with van der Waals surface area (Å²) < 4.78 is 0. The highest BCUT2D eigenvalue weighted by molar-refractivity contribution is 6.29. The first-order valence-corrected chi connectivity index (χ1v) is 5.27. The first-order chi connectivity index (χ1) is 8.16. The summed E-state index contributed by atoms with van der Waals surface area (Å²) in [6, 6.07) is 6.71. The molecule has 0 fully saturated rings. The molecule has 0 aliphatic carbocycles. The number of anilines is 1. The minimum atomic E-state index is -0.320. The molecule has 2 rings (SSSR count). The molecule has 0 unspecified atom stereocenters. The van der Waals surface area contributed by atoms with Crippen molar-refractivity contribution in [2.75, 3.05) is 5.32 Å². The molecule has 1 N–H and O–H groups in total. The molecule has 0 radical (unpaired) electrons. The lowest BCUT2D eigenvalue weighted by atomic mass is 10.2. The molecular weight excluding hydrogens is 240 g/mol. The van der Waals surface area contributed by atoms with Crippen LogP contribution in [0, 0.1) is 6.92 Å². The summed E-state index contributed by atoms with van der Waals surface area (Å²) >= 11 is 5.59. The summed E-state index contributed by atoms with van der Waals surface area (Å²) in [4.78, 5) is 15.9. The van der Waals surface area contributed by atoms with Crippen LogP contribution in [-0.4, -0.2) is 21.1 Å². The lowest BCUT2D eigenvalue weighted by molar-refractivity contribution is 0.102. The smallest absolute Gasteiger partial charge is 0.275 e. The normalized spacial score (nSPS) is 10.0. The van der Waals surface area contributed by atoms with Gasteiger partial charge in [0.15, 0.2) is 11.0 Å². The van der Waals surface area contributed by atoms with E-state index in [1.807, 2.05) is 13.0 Å². The van der Waals surface area contributed by atoms with Crippen molar-refractivity contribution in [2.45, 2.75) is 6.92 Å². The molecule has 6 heteroatoms. The minimum Gasteiger partial charge on any atom is -0.304 e. The van der Waals surface area contributed by atoms with E-state index in [1.54, 1.807) is 24.4 Å². The number of nitrogens with one attached hydrogen (secondary N) is 1. The topological polar surface area (TPSA) is 67.8 Å². The van der Waals surface area contributed by atoms with E-state index in [9.17, 15) is 4.79 Å². The first-order valence-electron chi connectivity index (χ1n) is 4.89. The Morgan fingerprint density at radius 2 is 2.12 bits per heavy atom. The van der Waals surface area contributed by atoms with E-state index in [1.165, 1.54) is 0 Å². The molecule has 0 aromatic carbocycles. The van der Waals surface area contributed by atoms with Crippen molar-refractivity contribution in [3.8, 4) is 0 Å². The molecule has 86 valence electrons. The molecule has 0 saturated carbocycles. The van der Waals surface area contributed by atoms with Crippen molar-refractivity contribution in [1.82, 2.24) is 15.2 Å². The van der Waals surface area contributed by atoms with Gasteiger partial charge in [-0.1, -0.05) is 17.7 Å². The van der Waals surface area contributed by atoms with Crippen molar-refractivity contribution in [1.29, 1.82) is 0 Å². The van der Waals surface area contributed by atoms with Crippen molar-refractivity contribution in [3.63, 3.8) is 0 Å². The van der Waals surface area contributed by atoms with E-state index in [0.29, 0.717) is 11.5 Å². The van der Waals surface area contributed by atoms with Gasteiger partial charge < -0.3 is 5.32 Å². The second-order valence-corrected chi connectivity index (χ2v) is 3.75. The van der Waals surface area contributed by atoms with Gasteiger partial charge in [-0.3, -0.25) is 9.78 Å². The van der Waals surface area contributed by atoms with Gasteiger partial charge in [0.05, 0.1) is 0 Å². The summed E-state index contributed by atoms with van der Waals surface area (Å²) in [7, 11) is 0. The zero-order chi connectivity index (χ0) is 12.3. The van der Waals surface area contributed by atoms with E-state index in [2.05, 4.69) is 20.5 Å². The molecule has 17 heavy (non-hydrogen) atoms. The van der Waals surface area contributed by atoms with Crippen LogP contribution in [-0.2, 0) is 0 Å². The largest absolute Gasteiger partial charge is 0.304 e. The van der Waals surface area contributed by atoms with Crippen molar-refractivity contribution >= 4 is 23.3 Å². The number of hydrogen-bond acceptors (Lipinski definition) is 4. The number of nitrogens with zero attached hydrogens (tertiary/aromatic N) is 3. The van der Waals surface area contributed by atoms with Crippen LogP contribution in [0.5, 0.6) is 0 Å². The number of pyridine rings is 1. The Hall–Kier alpha value is -2.01. The van der Waals surface area contributed by atoms with Crippen molar-refractivity contribution < 1.29 is 4.79 Å². The van der Waals surface area contributed by atoms with Crippen LogP contribution in [0.25, 0.3) is 0 Å². The molecule has 2 heterocycles. The van der Waals surface area contributed by atoms with Gasteiger partial charge in [-0.2, -0.15) is 0 Å². The predicted octanol–water partition coefficient (Wildman–Crippen LogP) is 2.09. The molecule has 0 bridgehead atoms. The Morgan fingerprint density at radius 3 is 2.76 bits per heavy atom. The molecule has 0 atom stereocenters. The highest BCUT2D eigenvalue weighted by atomic mass is 35.5. The fourth-order valence-corrected chi connectivity index (χ4v) is 1.38. The lowest BCUT2D eigenvalue weighted by Crippen LogP contribution is -2.16. The molecule has 0 aliphatic heterocycles. The Labute approximate surface area is 103 Å². The van der Waals surface area contributed by atoms with Gasteiger partial charge in [-0.25, -0.2) is 0 Å².